The lowest BCUT2D eigenvalue weighted by Crippen LogP contribution is -2.13. The van der Waals surface area contributed by atoms with Gasteiger partial charge in [-0.3, -0.25) is 0 Å². The molecule has 3 nitrogen and oxygen atoms in total. The van der Waals surface area contributed by atoms with Crippen LogP contribution in [0.15, 0.2) is 18.2 Å². The number of aromatic nitrogens is 2. The average Bonchev–Trinajstić information content (AvgIpc) is 2.41. The number of rotatable bonds is 4. The fourth-order valence-electron chi connectivity index (χ4n) is 2.26. The van der Waals surface area contributed by atoms with Crippen LogP contribution in [0.3, 0.4) is 0 Å². The molecule has 1 aromatic carbocycles. The summed E-state index contributed by atoms with van der Waals surface area (Å²) in [4.78, 5) is 9.13. The zero-order chi connectivity index (χ0) is 14.7. The molecule has 2 rings (SSSR count). The molecule has 0 aliphatic heterocycles. The third-order valence-electron chi connectivity index (χ3n) is 3.46. The smallest absolute Gasteiger partial charge is 0.159 e. The number of halogens is 1. The SMILES string of the molecule is CNCCc1c(C)nc(-c2ccc(F)c(C)c2)nc1C. The molecule has 0 radical (unpaired) electrons. The number of likely N-dealkylation sites (N-methyl/N-ethyl adjacent to an activating group) is 1. The standard InChI is InChI=1S/C16H20FN3/c1-10-9-13(5-6-15(10)17)16-19-11(2)14(7-8-18-4)12(3)20-16/h5-6,9,18H,7-8H2,1-4H3. The van der Waals surface area contributed by atoms with Crippen molar-refractivity contribution in [2.24, 2.45) is 0 Å². The van der Waals surface area contributed by atoms with Crippen molar-refractivity contribution in [3.05, 3.63) is 46.5 Å². The van der Waals surface area contributed by atoms with E-state index in [4.69, 9.17) is 0 Å². The van der Waals surface area contributed by atoms with Gasteiger partial charge >= 0.3 is 0 Å². The maximum atomic E-state index is 13.3. The van der Waals surface area contributed by atoms with Crippen molar-refractivity contribution in [3.8, 4) is 11.4 Å². The number of aryl methyl sites for hydroxylation is 3. The summed E-state index contributed by atoms with van der Waals surface area (Å²) in [5, 5.41) is 3.13. The summed E-state index contributed by atoms with van der Waals surface area (Å²) in [6.45, 7) is 6.65. The first kappa shape index (κ1) is 14.6. The predicted molar refractivity (Wildman–Crippen MR) is 79.3 cm³/mol. The minimum Gasteiger partial charge on any atom is -0.319 e. The summed E-state index contributed by atoms with van der Waals surface area (Å²) in [6.07, 6.45) is 0.914. The maximum Gasteiger partial charge on any atom is 0.159 e. The Balaban J connectivity index is 2.41. The Kier molecular flexibility index (Phi) is 4.45. The Labute approximate surface area is 119 Å². The molecule has 0 aliphatic carbocycles. The van der Waals surface area contributed by atoms with E-state index in [1.807, 2.05) is 20.9 Å². The molecule has 0 fully saturated rings. The van der Waals surface area contributed by atoms with Crippen molar-refractivity contribution in [2.45, 2.75) is 27.2 Å². The summed E-state index contributed by atoms with van der Waals surface area (Å²) in [5.41, 5.74) is 4.63. The van der Waals surface area contributed by atoms with Crippen LogP contribution in [0.25, 0.3) is 11.4 Å². The molecule has 0 aliphatic rings. The van der Waals surface area contributed by atoms with Crippen LogP contribution in [0, 0.1) is 26.6 Å². The molecule has 0 saturated heterocycles. The summed E-state index contributed by atoms with van der Waals surface area (Å²) in [7, 11) is 1.93. The van der Waals surface area contributed by atoms with E-state index in [1.54, 1.807) is 19.1 Å². The molecular formula is C16H20FN3. The van der Waals surface area contributed by atoms with E-state index in [2.05, 4.69) is 15.3 Å². The fraction of sp³-hybridized carbons (Fsp3) is 0.375. The van der Waals surface area contributed by atoms with Gasteiger partial charge in [-0.2, -0.15) is 0 Å². The lowest BCUT2D eigenvalue weighted by molar-refractivity contribution is 0.618. The van der Waals surface area contributed by atoms with Crippen molar-refractivity contribution in [2.75, 3.05) is 13.6 Å². The van der Waals surface area contributed by atoms with Gasteiger partial charge in [-0.15, -0.1) is 0 Å². The molecule has 0 bridgehead atoms. The molecule has 1 N–H and O–H groups in total. The summed E-state index contributed by atoms with van der Waals surface area (Å²) in [6, 6.07) is 4.98. The van der Waals surface area contributed by atoms with Gasteiger partial charge in [0.1, 0.15) is 5.82 Å². The molecule has 0 spiro atoms. The van der Waals surface area contributed by atoms with E-state index in [0.29, 0.717) is 11.4 Å². The van der Waals surface area contributed by atoms with E-state index in [0.717, 1.165) is 29.9 Å². The molecule has 1 aromatic heterocycles. The van der Waals surface area contributed by atoms with E-state index in [-0.39, 0.29) is 5.82 Å². The predicted octanol–water partition coefficient (Wildman–Crippen LogP) is 2.97. The van der Waals surface area contributed by atoms with Gasteiger partial charge in [0.25, 0.3) is 0 Å². The maximum absolute atomic E-state index is 13.3. The minimum atomic E-state index is -0.201. The Morgan fingerprint density at radius 2 is 1.75 bits per heavy atom. The van der Waals surface area contributed by atoms with E-state index in [1.165, 1.54) is 11.6 Å². The summed E-state index contributed by atoms with van der Waals surface area (Å²) in [5.74, 6) is 0.462. The van der Waals surface area contributed by atoms with Crippen molar-refractivity contribution in [1.29, 1.82) is 0 Å². The van der Waals surface area contributed by atoms with Crippen LogP contribution in [-0.4, -0.2) is 23.6 Å². The Hall–Kier alpha value is -1.81. The number of hydrogen-bond donors (Lipinski definition) is 1. The highest BCUT2D eigenvalue weighted by Gasteiger charge is 2.10. The number of hydrogen-bond acceptors (Lipinski definition) is 3. The van der Waals surface area contributed by atoms with Gasteiger partial charge in [0.2, 0.25) is 0 Å². The molecular weight excluding hydrogens is 253 g/mol. The first-order valence-corrected chi connectivity index (χ1v) is 6.78. The number of benzene rings is 1. The second kappa shape index (κ2) is 6.09. The topological polar surface area (TPSA) is 37.8 Å². The minimum absolute atomic E-state index is 0.201. The molecule has 4 heteroatoms. The Morgan fingerprint density at radius 3 is 2.30 bits per heavy atom. The normalized spacial score (nSPS) is 10.8. The molecule has 20 heavy (non-hydrogen) atoms. The van der Waals surface area contributed by atoms with Crippen LogP contribution >= 0.6 is 0 Å². The van der Waals surface area contributed by atoms with Gasteiger partial charge in [0.15, 0.2) is 5.82 Å². The van der Waals surface area contributed by atoms with Gasteiger partial charge in [-0.05, 0) is 70.1 Å². The van der Waals surface area contributed by atoms with Crippen LogP contribution in [0.1, 0.15) is 22.5 Å². The third kappa shape index (κ3) is 3.02. The van der Waals surface area contributed by atoms with E-state index >= 15 is 0 Å². The highest BCUT2D eigenvalue weighted by molar-refractivity contribution is 5.57. The average molecular weight is 273 g/mol. The first-order chi connectivity index (χ1) is 9.52. The van der Waals surface area contributed by atoms with Gasteiger partial charge in [0.05, 0.1) is 0 Å². The third-order valence-corrected chi connectivity index (χ3v) is 3.46. The van der Waals surface area contributed by atoms with Crippen LogP contribution < -0.4 is 5.32 Å². The fourth-order valence-corrected chi connectivity index (χ4v) is 2.26. The van der Waals surface area contributed by atoms with Crippen LogP contribution in [0.4, 0.5) is 4.39 Å². The van der Waals surface area contributed by atoms with E-state index in [9.17, 15) is 4.39 Å². The van der Waals surface area contributed by atoms with Crippen molar-refractivity contribution in [1.82, 2.24) is 15.3 Å². The number of nitrogens with zero attached hydrogens (tertiary/aromatic N) is 2. The van der Waals surface area contributed by atoms with Crippen molar-refractivity contribution >= 4 is 0 Å². The molecule has 0 saturated carbocycles. The zero-order valence-electron chi connectivity index (χ0n) is 12.4. The van der Waals surface area contributed by atoms with Crippen molar-refractivity contribution in [3.63, 3.8) is 0 Å². The second-order valence-corrected chi connectivity index (χ2v) is 5.01. The quantitative estimate of drug-likeness (QED) is 0.930. The molecule has 106 valence electrons. The lowest BCUT2D eigenvalue weighted by Gasteiger charge is -2.11. The van der Waals surface area contributed by atoms with Crippen LogP contribution in [0.5, 0.6) is 0 Å². The Morgan fingerprint density at radius 1 is 1.10 bits per heavy atom. The lowest BCUT2D eigenvalue weighted by atomic mass is 10.1. The highest BCUT2D eigenvalue weighted by atomic mass is 19.1. The van der Waals surface area contributed by atoms with Gasteiger partial charge in [-0.25, -0.2) is 14.4 Å². The van der Waals surface area contributed by atoms with Crippen LogP contribution in [-0.2, 0) is 6.42 Å². The van der Waals surface area contributed by atoms with Crippen LogP contribution in [0.2, 0.25) is 0 Å². The number of nitrogens with one attached hydrogen (secondary N) is 1. The molecule has 1 heterocycles. The first-order valence-electron chi connectivity index (χ1n) is 6.78. The second-order valence-electron chi connectivity index (χ2n) is 5.01. The van der Waals surface area contributed by atoms with Gasteiger partial charge < -0.3 is 5.32 Å². The van der Waals surface area contributed by atoms with E-state index < -0.39 is 0 Å². The molecule has 0 atom stereocenters. The summed E-state index contributed by atoms with van der Waals surface area (Å²) < 4.78 is 13.3. The highest BCUT2D eigenvalue weighted by Crippen LogP contribution is 2.21. The van der Waals surface area contributed by atoms with Gasteiger partial charge in [-0.1, -0.05) is 0 Å². The molecule has 0 unspecified atom stereocenters. The molecule has 0 amide bonds. The Bertz CT molecular complexity index is 600. The summed E-state index contributed by atoms with van der Waals surface area (Å²) >= 11 is 0. The largest absolute Gasteiger partial charge is 0.319 e. The molecule has 2 aromatic rings. The zero-order valence-corrected chi connectivity index (χ0v) is 12.4. The monoisotopic (exact) mass is 273 g/mol. The van der Waals surface area contributed by atoms with Crippen molar-refractivity contribution < 1.29 is 4.39 Å². The van der Waals surface area contributed by atoms with Gasteiger partial charge in [0, 0.05) is 17.0 Å².